The van der Waals surface area contributed by atoms with Gasteiger partial charge in [-0.05, 0) is 67.7 Å². The second-order valence-electron chi connectivity index (χ2n) is 7.74. The molecule has 0 aromatic heterocycles. The first kappa shape index (κ1) is 17.8. The Morgan fingerprint density at radius 1 is 1.26 bits per heavy atom. The molecule has 1 saturated carbocycles. The van der Waals surface area contributed by atoms with Crippen LogP contribution in [-0.2, 0) is 11.2 Å². The van der Waals surface area contributed by atoms with Gasteiger partial charge in [0, 0.05) is 5.41 Å². The number of benzene rings is 1. The third kappa shape index (κ3) is 3.54. The largest absolute Gasteiger partial charge is 0.497 e. The van der Waals surface area contributed by atoms with Crippen LogP contribution in [0.25, 0.3) is 0 Å². The van der Waals surface area contributed by atoms with Gasteiger partial charge in [0.1, 0.15) is 17.3 Å². The lowest BCUT2D eigenvalue weighted by atomic mass is 9.56. The minimum Gasteiger partial charge on any atom is -0.497 e. The number of ether oxygens (including phenoxy) is 2. The smallest absolute Gasteiger partial charge is 0.135 e. The molecule has 0 saturated heterocycles. The fourth-order valence-corrected chi connectivity index (χ4v) is 4.03. The molecular formula is C20H30O3. The zero-order chi connectivity index (χ0) is 17.3. The van der Waals surface area contributed by atoms with Gasteiger partial charge in [-0.25, -0.2) is 0 Å². The van der Waals surface area contributed by atoms with Crippen molar-refractivity contribution in [1.29, 1.82) is 0 Å². The van der Waals surface area contributed by atoms with E-state index < -0.39 is 0 Å². The highest BCUT2D eigenvalue weighted by atomic mass is 16.5. The number of ketones is 1. The molecule has 23 heavy (non-hydrogen) atoms. The number of carbonyl (C=O) groups excluding carboxylic acids is 1. The van der Waals surface area contributed by atoms with Crippen LogP contribution in [0.2, 0.25) is 0 Å². The van der Waals surface area contributed by atoms with E-state index >= 15 is 0 Å². The van der Waals surface area contributed by atoms with E-state index in [0.717, 1.165) is 42.7 Å². The second kappa shape index (κ2) is 6.54. The molecule has 0 aliphatic heterocycles. The number of hydrogen-bond acceptors (Lipinski definition) is 3. The van der Waals surface area contributed by atoms with E-state index in [1.54, 1.807) is 21.1 Å². The zero-order valence-corrected chi connectivity index (χ0v) is 15.4. The van der Waals surface area contributed by atoms with Crippen LogP contribution in [0.1, 0.15) is 52.5 Å². The van der Waals surface area contributed by atoms with E-state index in [-0.39, 0.29) is 10.8 Å². The number of rotatable bonds is 5. The molecule has 1 aliphatic rings. The first-order chi connectivity index (χ1) is 10.7. The Balaban J connectivity index is 2.34. The van der Waals surface area contributed by atoms with E-state index in [0.29, 0.717) is 11.7 Å². The standard InChI is InChI=1S/C20H30O3/c1-14-9-10-19(3,15(2)21)13-20(14,4)12-16-11-17(22-5)7-8-18(16)23-6/h7-8,11,14H,9-10,12-13H2,1-6H3/t14-,19+,20+/m1/s1. The number of Topliss-reactive ketones (excluding diaryl/α,β-unsaturated/α-hetero) is 1. The lowest BCUT2D eigenvalue weighted by molar-refractivity contribution is -0.131. The normalized spacial score (nSPS) is 30.8. The molecule has 0 spiro atoms. The first-order valence-electron chi connectivity index (χ1n) is 8.46. The summed E-state index contributed by atoms with van der Waals surface area (Å²) < 4.78 is 10.9. The lowest BCUT2D eigenvalue weighted by Gasteiger charge is -2.48. The van der Waals surface area contributed by atoms with Gasteiger partial charge in [0.2, 0.25) is 0 Å². The molecule has 128 valence electrons. The van der Waals surface area contributed by atoms with Gasteiger partial charge < -0.3 is 9.47 Å². The summed E-state index contributed by atoms with van der Waals surface area (Å²) in [6.07, 6.45) is 3.92. The Morgan fingerprint density at radius 3 is 2.52 bits per heavy atom. The van der Waals surface area contributed by atoms with Crippen LogP contribution in [-0.4, -0.2) is 20.0 Å². The van der Waals surface area contributed by atoms with Crippen molar-refractivity contribution >= 4 is 5.78 Å². The molecule has 1 aromatic carbocycles. The molecule has 0 bridgehead atoms. The topological polar surface area (TPSA) is 35.5 Å². The van der Waals surface area contributed by atoms with Crippen molar-refractivity contribution in [3.8, 4) is 11.5 Å². The predicted octanol–water partition coefficient (Wildman–Crippen LogP) is 4.67. The molecule has 0 radical (unpaired) electrons. The monoisotopic (exact) mass is 318 g/mol. The summed E-state index contributed by atoms with van der Waals surface area (Å²) in [4.78, 5) is 12.1. The molecule has 0 heterocycles. The molecule has 2 rings (SSSR count). The molecule has 1 aromatic rings. The van der Waals surface area contributed by atoms with Crippen LogP contribution in [0.5, 0.6) is 11.5 Å². The van der Waals surface area contributed by atoms with Crippen LogP contribution in [0.15, 0.2) is 18.2 Å². The molecule has 3 nitrogen and oxygen atoms in total. The van der Waals surface area contributed by atoms with E-state index in [1.165, 1.54) is 0 Å². The van der Waals surface area contributed by atoms with Crippen molar-refractivity contribution in [3.05, 3.63) is 23.8 Å². The Morgan fingerprint density at radius 2 is 1.96 bits per heavy atom. The van der Waals surface area contributed by atoms with Crippen molar-refractivity contribution in [2.24, 2.45) is 16.7 Å². The third-order valence-corrected chi connectivity index (χ3v) is 6.04. The maximum absolute atomic E-state index is 12.1. The minimum atomic E-state index is -0.201. The highest BCUT2D eigenvalue weighted by Gasteiger charge is 2.46. The molecule has 3 atom stereocenters. The highest BCUT2D eigenvalue weighted by molar-refractivity contribution is 5.82. The highest BCUT2D eigenvalue weighted by Crippen LogP contribution is 2.52. The van der Waals surface area contributed by atoms with Gasteiger partial charge in [-0.3, -0.25) is 4.79 Å². The molecular weight excluding hydrogens is 288 g/mol. The van der Waals surface area contributed by atoms with Gasteiger partial charge >= 0.3 is 0 Å². The summed E-state index contributed by atoms with van der Waals surface area (Å²) in [7, 11) is 3.39. The maximum Gasteiger partial charge on any atom is 0.135 e. The summed E-state index contributed by atoms with van der Waals surface area (Å²) in [5.74, 6) is 2.63. The van der Waals surface area contributed by atoms with Crippen molar-refractivity contribution in [3.63, 3.8) is 0 Å². The Labute approximate surface area is 140 Å². The van der Waals surface area contributed by atoms with Crippen molar-refractivity contribution < 1.29 is 14.3 Å². The van der Waals surface area contributed by atoms with E-state index in [9.17, 15) is 4.79 Å². The lowest BCUT2D eigenvalue weighted by Crippen LogP contribution is -2.43. The van der Waals surface area contributed by atoms with Gasteiger partial charge in [-0.1, -0.05) is 20.8 Å². The SMILES string of the molecule is COc1ccc(OC)c(C[C@@]2(C)C[C@@](C)(C(C)=O)CC[C@H]2C)c1. The van der Waals surface area contributed by atoms with Crippen LogP contribution < -0.4 is 9.47 Å². The molecule has 0 N–H and O–H groups in total. The van der Waals surface area contributed by atoms with Gasteiger partial charge in [0.15, 0.2) is 0 Å². The maximum atomic E-state index is 12.1. The van der Waals surface area contributed by atoms with Crippen LogP contribution in [0, 0.1) is 16.7 Å². The molecule has 3 heteroatoms. The molecule has 0 unspecified atom stereocenters. The van der Waals surface area contributed by atoms with Crippen molar-refractivity contribution in [2.45, 2.75) is 53.4 Å². The molecule has 0 amide bonds. The quantitative estimate of drug-likeness (QED) is 0.791. The Kier molecular flexibility index (Phi) is 5.07. The second-order valence-corrected chi connectivity index (χ2v) is 7.74. The molecule has 1 fully saturated rings. The minimum absolute atomic E-state index is 0.0817. The fourth-order valence-electron chi connectivity index (χ4n) is 4.03. The summed E-state index contributed by atoms with van der Waals surface area (Å²) >= 11 is 0. The summed E-state index contributed by atoms with van der Waals surface area (Å²) in [6, 6.07) is 5.96. The van der Waals surface area contributed by atoms with Crippen molar-refractivity contribution in [2.75, 3.05) is 14.2 Å². The summed E-state index contributed by atoms with van der Waals surface area (Å²) in [5, 5.41) is 0. The number of carbonyl (C=O) groups is 1. The van der Waals surface area contributed by atoms with Crippen LogP contribution >= 0.6 is 0 Å². The Hall–Kier alpha value is -1.51. The fraction of sp³-hybridized carbons (Fsp3) is 0.650. The van der Waals surface area contributed by atoms with Gasteiger partial charge in [0.25, 0.3) is 0 Å². The van der Waals surface area contributed by atoms with Gasteiger partial charge in [0.05, 0.1) is 14.2 Å². The summed E-state index contributed by atoms with van der Waals surface area (Å²) in [6.45, 7) is 8.49. The van der Waals surface area contributed by atoms with Gasteiger partial charge in [-0.2, -0.15) is 0 Å². The average Bonchev–Trinajstić information content (AvgIpc) is 2.51. The first-order valence-corrected chi connectivity index (χ1v) is 8.46. The predicted molar refractivity (Wildman–Crippen MR) is 93.2 cm³/mol. The van der Waals surface area contributed by atoms with Crippen LogP contribution in [0.4, 0.5) is 0 Å². The Bertz CT molecular complexity index is 580. The van der Waals surface area contributed by atoms with E-state index in [2.05, 4.69) is 26.8 Å². The number of methoxy groups -OCH3 is 2. The zero-order valence-electron chi connectivity index (χ0n) is 15.4. The third-order valence-electron chi connectivity index (χ3n) is 6.04. The van der Waals surface area contributed by atoms with E-state index in [1.807, 2.05) is 12.1 Å². The molecule has 1 aliphatic carbocycles. The van der Waals surface area contributed by atoms with Crippen LogP contribution in [0.3, 0.4) is 0 Å². The van der Waals surface area contributed by atoms with Crippen molar-refractivity contribution in [1.82, 2.24) is 0 Å². The van der Waals surface area contributed by atoms with Gasteiger partial charge in [-0.15, -0.1) is 0 Å². The van der Waals surface area contributed by atoms with E-state index in [4.69, 9.17) is 9.47 Å². The number of hydrogen-bond donors (Lipinski definition) is 0. The average molecular weight is 318 g/mol. The summed E-state index contributed by atoms with van der Waals surface area (Å²) in [5.41, 5.74) is 1.04.